The molecule has 0 amide bonds. The summed E-state index contributed by atoms with van der Waals surface area (Å²) in [4.78, 5) is 9.40. The summed E-state index contributed by atoms with van der Waals surface area (Å²) >= 11 is 0. The molecule has 0 bridgehead atoms. The van der Waals surface area contributed by atoms with E-state index in [1.807, 2.05) is 6.07 Å². The van der Waals surface area contributed by atoms with Gasteiger partial charge in [0.05, 0.1) is 7.11 Å². The van der Waals surface area contributed by atoms with E-state index in [4.69, 9.17) is 19.0 Å². The summed E-state index contributed by atoms with van der Waals surface area (Å²) in [7, 11) is 1.64. The maximum absolute atomic E-state index is 6.11. The molecule has 7 nitrogen and oxygen atoms in total. The van der Waals surface area contributed by atoms with Gasteiger partial charge in [0.2, 0.25) is 11.7 Å². The predicted molar refractivity (Wildman–Crippen MR) is 133 cm³/mol. The zero-order chi connectivity index (χ0) is 24.1. The van der Waals surface area contributed by atoms with Crippen molar-refractivity contribution in [3.05, 3.63) is 41.1 Å². The van der Waals surface area contributed by atoms with Gasteiger partial charge in [-0.1, -0.05) is 38.8 Å². The molecule has 0 saturated heterocycles. The number of methoxy groups -OCH3 is 1. The Hall–Kier alpha value is -2.93. The van der Waals surface area contributed by atoms with E-state index in [2.05, 4.69) is 61.4 Å². The third kappa shape index (κ3) is 5.58. The highest BCUT2D eigenvalue weighted by atomic mass is 16.5. The summed E-state index contributed by atoms with van der Waals surface area (Å²) in [6, 6.07) is 8.54. The summed E-state index contributed by atoms with van der Waals surface area (Å²) in [6.07, 6.45) is 5.68. The molecule has 1 aromatic carbocycles. The first-order valence-corrected chi connectivity index (χ1v) is 12.4. The second kappa shape index (κ2) is 11.0. The Labute approximate surface area is 202 Å². The summed E-state index contributed by atoms with van der Waals surface area (Å²) in [5.74, 6) is 3.04. The number of benzene rings is 1. The van der Waals surface area contributed by atoms with Gasteiger partial charge in [0.1, 0.15) is 12.4 Å². The van der Waals surface area contributed by atoms with Gasteiger partial charge in [-0.05, 0) is 55.5 Å². The van der Waals surface area contributed by atoms with Gasteiger partial charge in [0.15, 0.2) is 0 Å². The Kier molecular flexibility index (Phi) is 7.83. The van der Waals surface area contributed by atoms with Crippen LogP contribution < -0.4 is 14.8 Å². The second-order valence-corrected chi connectivity index (χ2v) is 9.32. The van der Waals surface area contributed by atoms with Gasteiger partial charge in [0.25, 0.3) is 5.89 Å². The molecule has 0 radical (unpaired) electrons. The van der Waals surface area contributed by atoms with Gasteiger partial charge in [-0.3, -0.25) is 0 Å². The van der Waals surface area contributed by atoms with Crippen LogP contribution in [0.15, 0.2) is 28.8 Å². The number of pyridine rings is 1. The molecule has 3 aromatic rings. The van der Waals surface area contributed by atoms with Crippen molar-refractivity contribution in [3.63, 3.8) is 0 Å². The Morgan fingerprint density at radius 2 is 1.88 bits per heavy atom. The molecule has 0 atom stereocenters. The SMILES string of the molecule is CCc1cc(-c2noc(-c3cc(OC)nc(C4CCCC4)c3)n2)cc(C)c1OCCNC(C)C. The monoisotopic (exact) mass is 464 g/mol. The van der Waals surface area contributed by atoms with Crippen molar-refractivity contribution in [2.45, 2.75) is 71.8 Å². The van der Waals surface area contributed by atoms with Crippen molar-refractivity contribution < 1.29 is 14.0 Å². The first-order valence-electron chi connectivity index (χ1n) is 12.4. The van der Waals surface area contributed by atoms with E-state index in [1.54, 1.807) is 7.11 Å². The third-order valence-electron chi connectivity index (χ3n) is 6.37. The van der Waals surface area contributed by atoms with Crippen molar-refractivity contribution in [1.29, 1.82) is 0 Å². The van der Waals surface area contributed by atoms with Gasteiger partial charge in [0, 0.05) is 41.4 Å². The Morgan fingerprint density at radius 1 is 1.09 bits per heavy atom. The first-order chi connectivity index (χ1) is 16.5. The second-order valence-electron chi connectivity index (χ2n) is 9.32. The molecule has 0 aliphatic heterocycles. The quantitative estimate of drug-likeness (QED) is 0.385. The van der Waals surface area contributed by atoms with Gasteiger partial charge in [-0.15, -0.1) is 0 Å². The molecule has 0 unspecified atom stereocenters. The van der Waals surface area contributed by atoms with Gasteiger partial charge < -0.3 is 19.3 Å². The highest BCUT2D eigenvalue weighted by molar-refractivity contribution is 5.64. The van der Waals surface area contributed by atoms with Crippen LogP contribution in [0.3, 0.4) is 0 Å². The summed E-state index contributed by atoms with van der Waals surface area (Å²) < 4.78 is 17.3. The lowest BCUT2D eigenvalue weighted by molar-refractivity contribution is 0.304. The van der Waals surface area contributed by atoms with Gasteiger partial charge in [-0.2, -0.15) is 4.98 Å². The molecule has 2 heterocycles. The first kappa shape index (κ1) is 24.2. The zero-order valence-electron chi connectivity index (χ0n) is 21.0. The fourth-order valence-corrected chi connectivity index (χ4v) is 4.59. The van der Waals surface area contributed by atoms with E-state index in [0.717, 1.165) is 59.5 Å². The Bertz CT molecular complexity index is 1100. The molecule has 182 valence electrons. The molecule has 1 fully saturated rings. The van der Waals surface area contributed by atoms with Gasteiger partial charge in [-0.25, -0.2) is 4.98 Å². The van der Waals surface area contributed by atoms with Crippen molar-refractivity contribution >= 4 is 0 Å². The number of ether oxygens (including phenoxy) is 2. The average molecular weight is 465 g/mol. The van der Waals surface area contributed by atoms with Crippen LogP contribution in [0.5, 0.6) is 11.6 Å². The van der Waals surface area contributed by atoms with Crippen molar-refractivity contribution in [3.8, 4) is 34.5 Å². The topological polar surface area (TPSA) is 82.3 Å². The van der Waals surface area contributed by atoms with E-state index in [-0.39, 0.29) is 0 Å². The largest absolute Gasteiger partial charge is 0.492 e. The van der Waals surface area contributed by atoms with Crippen molar-refractivity contribution in [2.75, 3.05) is 20.3 Å². The highest BCUT2D eigenvalue weighted by Gasteiger charge is 2.22. The zero-order valence-corrected chi connectivity index (χ0v) is 21.0. The molecule has 1 N–H and O–H groups in total. The highest BCUT2D eigenvalue weighted by Crippen LogP contribution is 2.36. The molecule has 1 saturated carbocycles. The molecule has 7 heteroatoms. The van der Waals surface area contributed by atoms with Crippen LogP contribution in [-0.2, 0) is 6.42 Å². The van der Waals surface area contributed by atoms with Crippen LogP contribution in [0, 0.1) is 6.92 Å². The molecule has 1 aliphatic carbocycles. The number of nitrogens with one attached hydrogen (secondary N) is 1. The fraction of sp³-hybridized carbons (Fsp3) is 0.519. The molecular formula is C27H36N4O3. The molecule has 34 heavy (non-hydrogen) atoms. The van der Waals surface area contributed by atoms with Crippen LogP contribution >= 0.6 is 0 Å². The molecule has 2 aromatic heterocycles. The fourth-order valence-electron chi connectivity index (χ4n) is 4.59. The van der Waals surface area contributed by atoms with Crippen molar-refractivity contribution in [2.24, 2.45) is 0 Å². The van der Waals surface area contributed by atoms with E-state index >= 15 is 0 Å². The normalized spacial score (nSPS) is 14.2. The standard InChI is InChI=1S/C27H36N4O3/c1-6-19-14-21(13-18(4)25(19)33-12-11-28-17(2)3)26-30-27(34-31-26)22-15-23(20-9-7-8-10-20)29-24(16-22)32-5/h13-17,20,28H,6-12H2,1-5H3. The number of aromatic nitrogens is 3. The lowest BCUT2D eigenvalue weighted by Crippen LogP contribution is -2.27. The minimum Gasteiger partial charge on any atom is -0.492 e. The van der Waals surface area contributed by atoms with Crippen LogP contribution in [0.2, 0.25) is 0 Å². The smallest absolute Gasteiger partial charge is 0.258 e. The number of hydrogen-bond acceptors (Lipinski definition) is 7. The van der Waals surface area contributed by atoms with E-state index in [1.165, 1.54) is 12.8 Å². The lowest BCUT2D eigenvalue weighted by atomic mass is 10.0. The summed E-state index contributed by atoms with van der Waals surface area (Å²) in [5, 5.41) is 7.68. The molecule has 1 aliphatic rings. The maximum Gasteiger partial charge on any atom is 0.258 e. The predicted octanol–water partition coefficient (Wildman–Crippen LogP) is 5.71. The van der Waals surface area contributed by atoms with E-state index in [9.17, 15) is 0 Å². The van der Waals surface area contributed by atoms with Crippen LogP contribution in [0.4, 0.5) is 0 Å². The average Bonchev–Trinajstić information content (AvgIpc) is 3.54. The van der Waals surface area contributed by atoms with E-state index < -0.39 is 0 Å². The van der Waals surface area contributed by atoms with Crippen LogP contribution in [-0.4, -0.2) is 41.4 Å². The minimum absolute atomic E-state index is 0.444. The van der Waals surface area contributed by atoms with E-state index in [0.29, 0.717) is 36.2 Å². The Balaban J connectivity index is 1.58. The molecular weight excluding hydrogens is 428 g/mol. The van der Waals surface area contributed by atoms with Crippen LogP contribution in [0.25, 0.3) is 22.8 Å². The molecule has 0 spiro atoms. The third-order valence-corrected chi connectivity index (χ3v) is 6.37. The lowest BCUT2D eigenvalue weighted by Gasteiger charge is -2.15. The number of aryl methyl sites for hydroxylation is 2. The van der Waals surface area contributed by atoms with Crippen LogP contribution in [0.1, 0.15) is 69.2 Å². The summed E-state index contributed by atoms with van der Waals surface area (Å²) in [5.41, 5.74) is 5.02. The number of hydrogen-bond donors (Lipinski definition) is 1. The number of rotatable bonds is 10. The van der Waals surface area contributed by atoms with Gasteiger partial charge >= 0.3 is 0 Å². The molecule has 4 rings (SSSR count). The maximum atomic E-state index is 6.11. The Morgan fingerprint density at radius 3 is 2.59 bits per heavy atom. The summed E-state index contributed by atoms with van der Waals surface area (Å²) in [6.45, 7) is 9.91. The number of nitrogens with zero attached hydrogens (tertiary/aromatic N) is 3. The van der Waals surface area contributed by atoms with Crippen molar-refractivity contribution in [1.82, 2.24) is 20.4 Å². The minimum atomic E-state index is 0.444.